The van der Waals surface area contributed by atoms with E-state index in [9.17, 15) is 18.0 Å². The largest absolute Gasteiger partial charge is 0.374 e. The molecule has 1 fully saturated rings. The minimum absolute atomic E-state index is 0.0435. The Morgan fingerprint density at radius 1 is 1.00 bits per heavy atom. The SMILES string of the molecule is CS(=O)(=O)[N+]1(NC(=O)C(COCc2ccccc2)NC(=O)c2cccc(Cl)c2Cl)CC2(CCNCC2)c2ccccc21. The van der Waals surface area contributed by atoms with Crippen LogP contribution in [0.5, 0.6) is 0 Å². The Bertz CT molecular complexity index is 1580. The molecule has 3 N–H and O–H groups in total. The van der Waals surface area contributed by atoms with Crippen LogP contribution < -0.4 is 20.1 Å². The lowest BCUT2D eigenvalue weighted by Crippen LogP contribution is -2.68. The third-order valence-corrected chi connectivity index (χ3v) is 10.4. The average Bonchev–Trinajstić information content (AvgIpc) is 3.24. The first-order valence-corrected chi connectivity index (χ1v) is 16.2. The second-order valence-electron chi connectivity index (χ2n) is 10.8. The van der Waals surface area contributed by atoms with E-state index in [1.54, 1.807) is 24.3 Å². The molecule has 5 rings (SSSR count). The van der Waals surface area contributed by atoms with Crippen LogP contribution in [0.1, 0.15) is 34.3 Å². The molecule has 2 heterocycles. The minimum atomic E-state index is -3.94. The number of hydrogen-bond donors (Lipinski definition) is 3. The number of rotatable bonds is 9. The topological polar surface area (TPSA) is 114 Å². The Morgan fingerprint density at radius 3 is 2.40 bits per heavy atom. The van der Waals surface area contributed by atoms with Gasteiger partial charge in [0.25, 0.3) is 11.8 Å². The van der Waals surface area contributed by atoms with Crippen molar-refractivity contribution in [1.82, 2.24) is 20.1 Å². The number of quaternary nitrogens is 1. The maximum absolute atomic E-state index is 14.0. The Labute approximate surface area is 255 Å². The second-order valence-corrected chi connectivity index (χ2v) is 13.7. The highest BCUT2D eigenvalue weighted by atomic mass is 35.5. The van der Waals surface area contributed by atoms with E-state index in [-0.39, 0.29) is 35.4 Å². The molecule has 9 nitrogen and oxygen atoms in total. The molecule has 1 saturated heterocycles. The number of nitrogens with one attached hydrogen (secondary N) is 3. The summed E-state index contributed by atoms with van der Waals surface area (Å²) in [7, 11) is -3.94. The number of carbonyl (C=O) groups is 2. The number of carbonyl (C=O) groups excluding carboxylic acids is 2. The number of sulfonamides is 1. The van der Waals surface area contributed by atoms with E-state index in [1.165, 1.54) is 6.07 Å². The summed E-state index contributed by atoms with van der Waals surface area (Å²) in [4.78, 5) is 27.3. The third kappa shape index (κ3) is 5.92. The molecule has 42 heavy (non-hydrogen) atoms. The molecule has 1 spiro atoms. The standard InChI is InChI=1S/C30H32Cl2N4O5S/c1-42(39,40)36(20-30(14-16-33-17-15-30)23-11-5-6-13-26(23)36)35-29(38)25(19-41-18-21-8-3-2-4-9-21)34-28(37)22-10-7-12-24(31)27(22)32/h2-13,25,33H,14-20H2,1H3,(H-,34,35,37,38)/p+1. The summed E-state index contributed by atoms with van der Waals surface area (Å²) in [6.45, 7) is 1.58. The molecule has 2 aliphatic rings. The molecule has 0 radical (unpaired) electrons. The Hall–Kier alpha value is -2.99. The molecule has 2 unspecified atom stereocenters. The van der Waals surface area contributed by atoms with E-state index in [2.05, 4.69) is 16.1 Å². The van der Waals surface area contributed by atoms with Crippen LogP contribution in [0, 0.1) is 0 Å². The monoisotopic (exact) mass is 631 g/mol. The van der Waals surface area contributed by atoms with Gasteiger partial charge in [0.15, 0.2) is 5.69 Å². The predicted molar refractivity (Wildman–Crippen MR) is 164 cm³/mol. The van der Waals surface area contributed by atoms with Crippen molar-refractivity contribution < 1.29 is 22.7 Å². The molecule has 0 bridgehead atoms. The highest BCUT2D eigenvalue weighted by Crippen LogP contribution is 2.50. The highest BCUT2D eigenvalue weighted by Gasteiger charge is 2.60. The fraction of sp³-hybridized carbons (Fsp3) is 0.333. The molecule has 0 aliphatic carbocycles. The maximum atomic E-state index is 14.0. The number of ether oxygens (including phenoxy) is 1. The van der Waals surface area contributed by atoms with Crippen LogP contribution in [0.4, 0.5) is 5.69 Å². The Morgan fingerprint density at radius 2 is 1.69 bits per heavy atom. The van der Waals surface area contributed by atoms with E-state index in [1.807, 2.05) is 42.5 Å². The molecule has 12 heteroatoms. The normalized spacial score (nSPS) is 20.1. The zero-order chi connectivity index (χ0) is 30.0. The first-order chi connectivity index (χ1) is 20.1. The highest BCUT2D eigenvalue weighted by molar-refractivity contribution is 7.90. The van der Waals surface area contributed by atoms with Crippen LogP contribution in [-0.2, 0) is 31.6 Å². The van der Waals surface area contributed by atoms with Crippen LogP contribution in [-0.4, -0.2) is 58.8 Å². The number of benzene rings is 3. The first kappa shape index (κ1) is 30.5. The maximum Gasteiger partial charge on any atom is 0.321 e. The quantitative estimate of drug-likeness (QED) is 0.308. The van der Waals surface area contributed by atoms with Crippen molar-refractivity contribution in [3.63, 3.8) is 0 Å². The van der Waals surface area contributed by atoms with Gasteiger partial charge in [-0.05, 0) is 43.6 Å². The molecule has 2 aliphatic heterocycles. The van der Waals surface area contributed by atoms with Gasteiger partial charge >= 0.3 is 10.0 Å². The summed E-state index contributed by atoms with van der Waals surface area (Å²) in [6.07, 6.45) is 2.57. The first-order valence-electron chi connectivity index (χ1n) is 13.6. The zero-order valence-corrected chi connectivity index (χ0v) is 25.4. The van der Waals surface area contributed by atoms with Crippen LogP contribution >= 0.6 is 23.2 Å². The fourth-order valence-corrected chi connectivity index (χ4v) is 7.51. The van der Waals surface area contributed by atoms with Crippen molar-refractivity contribution in [2.45, 2.75) is 30.9 Å². The summed E-state index contributed by atoms with van der Waals surface area (Å²) in [5.74, 6) is -1.35. The van der Waals surface area contributed by atoms with Crippen molar-refractivity contribution >= 4 is 50.7 Å². The van der Waals surface area contributed by atoms with Crippen LogP contribution in [0.2, 0.25) is 10.0 Å². The van der Waals surface area contributed by atoms with Gasteiger partial charge < -0.3 is 15.4 Å². The van der Waals surface area contributed by atoms with Crippen molar-refractivity contribution in [3.05, 3.63) is 99.5 Å². The zero-order valence-electron chi connectivity index (χ0n) is 23.1. The van der Waals surface area contributed by atoms with Crippen LogP contribution in [0.15, 0.2) is 72.8 Å². The number of hydrogen-bond acceptors (Lipinski definition) is 6. The molecule has 3 aromatic carbocycles. The number of piperidine rings is 1. The van der Waals surface area contributed by atoms with Gasteiger partial charge in [-0.15, -0.1) is 0 Å². The van der Waals surface area contributed by atoms with E-state index >= 15 is 0 Å². The second kappa shape index (κ2) is 12.3. The lowest BCUT2D eigenvalue weighted by atomic mass is 9.75. The van der Waals surface area contributed by atoms with Crippen molar-refractivity contribution in [2.75, 3.05) is 32.5 Å². The molecule has 0 saturated carbocycles. The van der Waals surface area contributed by atoms with Crippen molar-refractivity contribution in [2.24, 2.45) is 0 Å². The van der Waals surface area contributed by atoms with Gasteiger partial charge in [0.1, 0.15) is 12.6 Å². The van der Waals surface area contributed by atoms with Gasteiger partial charge in [0.05, 0.1) is 40.5 Å². The van der Waals surface area contributed by atoms with Crippen LogP contribution in [0.25, 0.3) is 0 Å². The molecular weight excluding hydrogens is 599 g/mol. The van der Waals surface area contributed by atoms with Crippen molar-refractivity contribution in [3.8, 4) is 0 Å². The van der Waals surface area contributed by atoms with Gasteiger partial charge in [-0.1, -0.05) is 81.8 Å². The summed E-state index contributed by atoms with van der Waals surface area (Å²) >= 11 is 12.4. The molecule has 0 aromatic heterocycles. The lowest BCUT2D eigenvalue weighted by Gasteiger charge is -2.36. The summed E-state index contributed by atoms with van der Waals surface area (Å²) in [5.41, 5.74) is 4.76. The molecule has 2 atom stereocenters. The lowest BCUT2D eigenvalue weighted by molar-refractivity contribution is -0.127. The Balaban J connectivity index is 1.47. The van der Waals surface area contributed by atoms with Gasteiger partial charge in [-0.2, -0.15) is 13.8 Å². The Kier molecular flexibility index (Phi) is 8.94. The fourth-order valence-electron chi connectivity index (χ4n) is 5.87. The van der Waals surface area contributed by atoms with E-state index < -0.39 is 37.3 Å². The van der Waals surface area contributed by atoms with Gasteiger partial charge in [0, 0.05) is 11.6 Å². The van der Waals surface area contributed by atoms with Crippen LogP contribution in [0.3, 0.4) is 0 Å². The summed E-state index contributed by atoms with van der Waals surface area (Å²) < 4.78 is 32.3. The average molecular weight is 633 g/mol. The molecule has 222 valence electrons. The van der Waals surface area contributed by atoms with E-state index in [4.69, 9.17) is 27.9 Å². The number of nitrogens with zero attached hydrogens (tertiary/aromatic N) is 1. The molecule has 3 aromatic rings. The minimum Gasteiger partial charge on any atom is -0.374 e. The number of halogens is 2. The number of amides is 2. The predicted octanol–water partition coefficient (Wildman–Crippen LogP) is 3.94. The van der Waals surface area contributed by atoms with Gasteiger partial charge in [-0.3, -0.25) is 9.59 Å². The number of fused-ring (bicyclic) bond motifs is 2. The van der Waals surface area contributed by atoms with Gasteiger partial charge in [0.2, 0.25) is 0 Å². The van der Waals surface area contributed by atoms with Gasteiger partial charge in [-0.25, -0.2) is 0 Å². The molecule has 2 amide bonds. The smallest absolute Gasteiger partial charge is 0.321 e. The van der Waals surface area contributed by atoms with Crippen molar-refractivity contribution in [1.29, 1.82) is 0 Å². The summed E-state index contributed by atoms with van der Waals surface area (Å²) in [5, 5.41) is 6.27. The van der Waals surface area contributed by atoms with E-state index in [0.29, 0.717) is 5.69 Å². The third-order valence-electron chi connectivity index (χ3n) is 8.02. The molecular formula is C30H33Cl2N4O5S+. The summed E-state index contributed by atoms with van der Waals surface area (Å²) in [6, 6.07) is 20.1. The number of para-hydroxylation sites is 1. The van der Waals surface area contributed by atoms with E-state index in [0.717, 1.165) is 43.3 Å².